The molecule has 1 aliphatic rings. The van der Waals surface area contributed by atoms with E-state index in [1.807, 2.05) is 12.1 Å². The zero-order valence-corrected chi connectivity index (χ0v) is 19.4. The van der Waals surface area contributed by atoms with Gasteiger partial charge in [-0.3, -0.25) is 19.1 Å². The molecular weight excluding hydrogens is 491 g/mol. The van der Waals surface area contributed by atoms with Crippen LogP contribution in [0.5, 0.6) is 11.5 Å². The molecule has 1 aliphatic heterocycles. The van der Waals surface area contributed by atoms with Gasteiger partial charge >= 0.3 is 5.69 Å². The van der Waals surface area contributed by atoms with Gasteiger partial charge in [0.15, 0.2) is 16.7 Å². The summed E-state index contributed by atoms with van der Waals surface area (Å²) in [7, 11) is 0. The third kappa shape index (κ3) is 5.30. The zero-order chi connectivity index (χ0) is 25.1. The van der Waals surface area contributed by atoms with Crippen LogP contribution in [0, 0.1) is 5.82 Å². The highest BCUT2D eigenvalue weighted by Crippen LogP contribution is 2.32. The van der Waals surface area contributed by atoms with E-state index in [4.69, 9.17) is 9.47 Å². The molecule has 0 saturated carbocycles. The van der Waals surface area contributed by atoms with E-state index in [1.54, 1.807) is 22.8 Å². The first-order chi connectivity index (χ1) is 17.4. The summed E-state index contributed by atoms with van der Waals surface area (Å²) < 4.78 is 25.8. The summed E-state index contributed by atoms with van der Waals surface area (Å²) in [5, 5.41) is 11.6. The predicted octanol–water partition coefficient (Wildman–Crippen LogP) is 1.51. The number of aromatic nitrogens is 5. The Morgan fingerprint density at radius 2 is 1.86 bits per heavy atom. The van der Waals surface area contributed by atoms with E-state index < -0.39 is 17.1 Å². The molecule has 0 aliphatic carbocycles. The van der Waals surface area contributed by atoms with Gasteiger partial charge < -0.3 is 19.8 Å². The summed E-state index contributed by atoms with van der Waals surface area (Å²) in [6.45, 7) is 0.483. The monoisotopic (exact) mass is 510 g/mol. The third-order valence-electron chi connectivity index (χ3n) is 5.21. The molecule has 0 unspecified atom stereocenters. The first kappa shape index (κ1) is 23.4. The Bertz CT molecular complexity index is 1500. The Labute approximate surface area is 206 Å². The summed E-state index contributed by atoms with van der Waals surface area (Å²) in [6, 6.07) is 12.4. The van der Waals surface area contributed by atoms with Crippen molar-refractivity contribution in [3.05, 3.63) is 92.3 Å². The van der Waals surface area contributed by atoms with Crippen molar-refractivity contribution in [2.75, 3.05) is 12.5 Å². The molecule has 2 aromatic heterocycles. The van der Waals surface area contributed by atoms with Crippen LogP contribution in [0.2, 0.25) is 0 Å². The highest BCUT2D eigenvalue weighted by molar-refractivity contribution is 7.99. The SMILES string of the molecule is O=C(CSc1nnc(Cc2cc(=O)[nH]c(=O)[nH]2)n1-c1ccc(F)cc1)NCc1ccc2c(c1)OCO2. The van der Waals surface area contributed by atoms with Crippen LogP contribution in [0.25, 0.3) is 5.69 Å². The van der Waals surface area contributed by atoms with Crippen LogP contribution in [0.1, 0.15) is 17.1 Å². The second-order valence-electron chi connectivity index (χ2n) is 7.75. The fourth-order valence-corrected chi connectivity index (χ4v) is 4.38. The molecule has 0 fully saturated rings. The van der Waals surface area contributed by atoms with Crippen molar-refractivity contribution >= 4 is 17.7 Å². The number of thioether (sulfide) groups is 1. The van der Waals surface area contributed by atoms with Gasteiger partial charge in [-0.1, -0.05) is 17.8 Å². The van der Waals surface area contributed by atoms with Gasteiger partial charge in [-0.05, 0) is 42.0 Å². The average Bonchev–Trinajstić information content (AvgIpc) is 3.48. The summed E-state index contributed by atoms with van der Waals surface area (Å²) in [5.41, 5.74) is 0.569. The number of rotatable bonds is 8. The van der Waals surface area contributed by atoms with Crippen LogP contribution in [0.4, 0.5) is 4.39 Å². The van der Waals surface area contributed by atoms with Crippen LogP contribution < -0.4 is 26.0 Å². The van der Waals surface area contributed by atoms with E-state index in [2.05, 4.69) is 25.5 Å². The Balaban J connectivity index is 1.31. The first-order valence-electron chi connectivity index (χ1n) is 10.8. The Morgan fingerprint density at radius 3 is 2.67 bits per heavy atom. The molecule has 0 spiro atoms. The minimum Gasteiger partial charge on any atom is -0.454 e. The van der Waals surface area contributed by atoms with Crippen LogP contribution in [0.15, 0.2) is 63.3 Å². The van der Waals surface area contributed by atoms with Crippen molar-refractivity contribution < 1.29 is 18.7 Å². The van der Waals surface area contributed by atoms with Crippen LogP contribution >= 0.6 is 11.8 Å². The van der Waals surface area contributed by atoms with Gasteiger partial charge in [-0.2, -0.15) is 0 Å². The number of fused-ring (bicyclic) bond motifs is 1. The number of hydrogen-bond acceptors (Lipinski definition) is 8. The molecule has 3 heterocycles. The summed E-state index contributed by atoms with van der Waals surface area (Å²) in [6.07, 6.45) is 0.0837. The molecule has 184 valence electrons. The zero-order valence-electron chi connectivity index (χ0n) is 18.6. The number of nitrogens with zero attached hydrogens (tertiary/aromatic N) is 3. The molecule has 2 aromatic carbocycles. The maximum atomic E-state index is 13.5. The first-order valence-corrected chi connectivity index (χ1v) is 11.7. The highest BCUT2D eigenvalue weighted by Gasteiger charge is 2.18. The lowest BCUT2D eigenvalue weighted by Crippen LogP contribution is -2.24. The number of amides is 1. The van der Waals surface area contributed by atoms with Crippen LogP contribution in [-0.2, 0) is 17.8 Å². The molecule has 0 saturated heterocycles. The number of carbonyl (C=O) groups excluding carboxylic acids is 1. The normalized spacial score (nSPS) is 12.0. The summed E-state index contributed by atoms with van der Waals surface area (Å²) in [4.78, 5) is 40.5. The molecule has 5 rings (SSSR count). The molecule has 4 aromatic rings. The second kappa shape index (κ2) is 10.1. The molecule has 13 heteroatoms. The summed E-state index contributed by atoms with van der Waals surface area (Å²) >= 11 is 1.15. The van der Waals surface area contributed by atoms with Gasteiger partial charge in [0.2, 0.25) is 12.7 Å². The molecule has 11 nitrogen and oxygen atoms in total. The van der Waals surface area contributed by atoms with E-state index in [0.717, 1.165) is 17.3 Å². The van der Waals surface area contributed by atoms with Gasteiger partial charge in [0.05, 0.1) is 5.75 Å². The van der Waals surface area contributed by atoms with E-state index in [-0.39, 0.29) is 24.9 Å². The largest absolute Gasteiger partial charge is 0.454 e. The van der Waals surface area contributed by atoms with Crippen molar-refractivity contribution in [2.24, 2.45) is 0 Å². The average molecular weight is 511 g/mol. The van der Waals surface area contributed by atoms with E-state index >= 15 is 0 Å². The number of benzene rings is 2. The van der Waals surface area contributed by atoms with Crippen molar-refractivity contribution in [2.45, 2.75) is 18.1 Å². The summed E-state index contributed by atoms with van der Waals surface area (Å²) in [5.74, 6) is 1.10. The number of aromatic amines is 2. The van der Waals surface area contributed by atoms with Gasteiger partial charge in [0.25, 0.3) is 5.56 Å². The van der Waals surface area contributed by atoms with Gasteiger partial charge in [0, 0.05) is 30.4 Å². The van der Waals surface area contributed by atoms with E-state index in [0.29, 0.717) is 40.4 Å². The quantitative estimate of drug-likeness (QED) is 0.303. The molecule has 0 radical (unpaired) electrons. The standard InChI is InChI=1S/C23H19FN6O5S/c24-14-2-4-16(5-3-14)30-19(8-15-9-20(31)27-22(33)26-15)28-29-23(30)36-11-21(32)25-10-13-1-6-17-18(7-13)35-12-34-17/h1-7,9H,8,10-12H2,(H,25,32)(H2,26,27,31,33). The van der Waals surface area contributed by atoms with E-state index in [9.17, 15) is 18.8 Å². The molecule has 0 bridgehead atoms. The maximum Gasteiger partial charge on any atom is 0.325 e. The molecule has 36 heavy (non-hydrogen) atoms. The van der Waals surface area contributed by atoms with Gasteiger partial charge in [-0.25, -0.2) is 9.18 Å². The second-order valence-corrected chi connectivity index (χ2v) is 8.70. The van der Waals surface area contributed by atoms with Crippen molar-refractivity contribution in [3.63, 3.8) is 0 Å². The maximum absolute atomic E-state index is 13.5. The number of hydrogen-bond donors (Lipinski definition) is 3. The fraction of sp³-hybridized carbons (Fsp3) is 0.174. The van der Waals surface area contributed by atoms with Crippen molar-refractivity contribution in [1.82, 2.24) is 30.0 Å². The van der Waals surface area contributed by atoms with Gasteiger partial charge in [0.1, 0.15) is 11.6 Å². The van der Waals surface area contributed by atoms with Crippen molar-refractivity contribution in [1.29, 1.82) is 0 Å². The van der Waals surface area contributed by atoms with Crippen LogP contribution in [-0.4, -0.2) is 43.2 Å². The Hall–Kier alpha value is -4.39. The minimum atomic E-state index is -0.640. The van der Waals surface area contributed by atoms with Gasteiger partial charge in [-0.15, -0.1) is 10.2 Å². The van der Waals surface area contributed by atoms with E-state index in [1.165, 1.54) is 18.2 Å². The topological polar surface area (TPSA) is 144 Å². The molecule has 0 atom stereocenters. The third-order valence-corrected chi connectivity index (χ3v) is 6.14. The number of nitrogens with one attached hydrogen (secondary N) is 3. The molecule has 1 amide bonds. The number of carbonyl (C=O) groups is 1. The number of H-pyrrole nitrogens is 2. The molecule has 3 N–H and O–H groups in total. The predicted molar refractivity (Wildman–Crippen MR) is 127 cm³/mol. The fourth-order valence-electron chi connectivity index (χ4n) is 3.58. The number of halogens is 1. The highest BCUT2D eigenvalue weighted by atomic mass is 32.2. The number of ether oxygens (including phenoxy) is 2. The molecular formula is C23H19FN6O5S. The lowest BCUT2D eigenvalue weighted by molar-refractivity contribution is -0.118. The Kier molecular flexibility index (Phi) is 6.54. The Morgan fingerprint density at radius 1 is 1.06 bits per heavy atom. The lowest BCUT2D eigenvalue weighted by atomic mass is 10.2. The minimum absolute atomic E-state index is 0.0473. The smallest absolute Gasteiger partial charge is 0.325 e. The van der Waals surface area contributed by atoms with Crippen molar-refractivity contribution in [3.8, 4) is 17.2 Å². The van der Waals surface area contributed by atoms with Crippen LogP contribution in [0.3, 0.4) is 0 Å². The lowest BCUT2D eigenvalue weighted by Gasteiger charge is -2.11.